The number of anilines is 1. The second-order valence-electron chi connectivity index (χ2n) is 5.85. The summed E-state index contributed by atoms with van der Waals surface area (Å²) in [5, 5.41) is 8.22. The molecule has 0 spiro atoms. The maximum atomic E-state index is 14.8. The van der Waals surface area contributed by atoms with Gasteiger partial charge in [-0.2, -0.15) is 10.1 Å². The molecule has 3 aromatic rings. The summed E-state index contributed by atoms with van der Waals surface area (Å²) in [6.45, 7) is 8.03. The quantitative estimate of drug-likeness (QED) is 0.736. The Labute approximate surface area is 144 Å². The minimum atomic E-state index is -0.503. The number of rotatable bonds is 6. The Bertz CT molecular complexity index is 888. The van der Waals surface area contributed by atoms with Gasteiger partial charge in [-0.3, -0.25) is 0 Å². The summed E-state index contributed by atoms with van der Waals surface area (Å²) in [7, 11) is 0. The summed E-state index contributed by atoms with van der Waals surface area (Å²) in [6.07, 6.45) is 4.06. The number of halogens is 1. The minimum absolute atomic E-state index is 0.0471. The standard InChI is InChI=1S/C16H21FN6O2/c1-5-24-10(4)22-7-11(6-19-22)13-12(17)8-23-15(20-16(18)21-23)14(13)25-9(2)3/h6-10H,5H2,1-4H3,(H2,18,21). The van der Waals surface area contributed by atoms with Crippen LogP contribution in [0, 0.1) is 5.82 Å². The molecule has 0 fully saturated rings. The highest BCUT2D eigenvalue weighted by Crippen LogP contribution is 2.36. The second-order valence-corrected chi connectivity index (χ2v) is 5.85. The zero-order valence-corrected chi connectivity index (χ0v) is 14.6. The first-order chi connectivity index (χ1) is 11.9. The summed E-state index contributed by atoms with van der Waals surface area (Å²) in [4.78, 5) is 4.15. The Hall–Kier alpha value is -2.68. The molecule has 0 aliphatic carbocycles. The third kappa shape index (κ3) is 3.27. The van der Waals surface area contributed by atoms with Crippen LogP contribution in [0.3, 0.4) is 0 Å². The fourth-order valence-electron chi connectivity index (χ4n) is 2.58. The van der Waals surface area contributed by atoms with Gasteiger partial charge in [0.25, 0.3) is 0 Å². The molecule has 25 heavy (non-hydrogen) atoms. The summed E-state index contributed by atoms with van der Waals surface area (Å²) in [5.74, 6) is -0.176. The second kappa shape index (κ2) is 6.67. The van der Waals surface area contributed by atoms with Crippen LogP contribution in [0.25, 0.3) is 16.8 Å². The monoisotopic (exact) mass is 348 g/mol. The van der Waals surface area contributed by atoms with Crippen molar-refractivity contribution in [3.8, 4) is 16.9 Å². The minimum Gasteiger partial charge on any atom is -0.486 e. The van der Waals surface area contributed by atoms with Crippen LogP contribution in [0.5, 0.6) is 5.75 Å². The van der Waals surface area contributed by atoms with Gasteiger partial charge in [0, 0.05) is 18.4 Å². The molecule has 0 aliphatic rings. The van der Waals surface area contributed by atoms with Crippen molar-refractivity contribution in [3.05, 3.63) is 24.4 Å². The number of nitrogens with two attached hydrogens (primary N) is 1. The first-order valence-corrected chi connectivity index (χ1v) is 8.07. The van der Waals surface area contributed by atoms with Gasteiger partial charge in [0.2, 0.25) is 11.6 Å². The van der Waals surface area contributed by atoms with Gasteiger partial charge in [0.05, 0.1) is 24.1 Å². The molecule has 134 valence electrons. The van der Waals surface area contributed by atoms with E-state index in [0.717, 1.165) is 0 Å². The third-order valence-electron chi connectivity index (χ3n) is 3.58. The summed E-state index contributed by atoms with van der Waals surface area (Å²) in [6, 6.07) is 0. The lowest BCUT2D eigenvalue weighted by atomic mass is 10.1. The van der Waals surface area contributed by atoms with Crippen LogP contribution in [-0.4, -0.2) is 37.1 Å². The third-order valence-corrected chi connectivity index (χ3v) is 3.58. The lowest BCUT2D eigenvalue weighted by Gasteiger charge is -2.15. The highest BCUT2D eigenvalue weighted by Gasteiger charge is 2.22. The molecule has 8 nitrogen and oxygen atoms in total. The van der Waals surface area contributed by atoms with Crippen molar-refractivity contribution in [1.82, 2.24) is 24.4 Å². The number of nitrogen functional groups attached to an aromatic ring is 1. The van der Waals surface area contributed by atoms with Gasteiger partial charge >= 0.3 is 0 Å². The van der Waals surface area contributed by atoms with Gasteiger partial charge in [-0.15, -0.1) is 5.10 Å². The molecule has 0 saturated heterocycles. The maximum Gasteiger partial charge on any atom is 0.240 e. The Morgan fingerprint density at radius 1 is 1.28 bits per heavy atom. The molecule has 0 aromatic carbocycles. The molecule has 0 amide bonds. The number of aromatic nitrogens is 5. The van der Waals surface area contributed by atoms with Crippen molar-refractivity contribution >= 4 is 11.6 Å². The van der Waals surface area contributed by atoms with E-state index in [1.54, 1.807) is 17.1 Å². The van der Waals surface area contributed by atoms with E-state index >= 15 is 0 Å². The molecule has 9 heteroatoms. The average Bonchev–Trinajstić information content (AvgIpc) is 3.13. The number of hydrogen-bond acceptors (Lipinski definition) is 6. The smallest absolute Gasteiger partial charge is 0.240 e. The molecule has 3 aromatic heterocycles. The van der Waals surface area contributed by atoms with E-state index in [-0.39, 0.29) is 29.6 Å². The summed E-state index contributed by atoms with van der Waals surface area (Å²) >= 11 is 0. The van der Waals surface area contributed by atoms with E-state index < -0.39 is 5.82 Å². The van der Waals surface area contributed by atoms with Gasteiger partial charge in [-0.05, 0) is 27.7 Å². The summed E-state index contributed by atoms with van der Waals surface area (Å²) in [5.41, 5.74) is 6.83. The maximum absolute atomic E-state index is 14.8. The molecular formula is C16H21FN6O2. The predicted molar refractivity (Wildman–Crippen MR) is 90.7 cm³/mol. The van der Waals surface area contributed by atoms with Crippen LogP contribution in [-0.2, 0) is 4.74 Å². The largest absolute Gasteiger partial charge is 0.486 e. The van der Waals surface area contributed by atoms with Crippen LogP contribution in [0.15, 0.2) is 18.6 Å². The Morgan fingerprint density at radius 2 is 2.04 bits per heavy atom. The number of nitrogens with zero attached hydrogens (tertiary/aromatic N) is 5. The van der Waals surface area contributed by atoms with E-state index in [2.05, 4.69) is 15.2 Å². The molecule has 0 radical (unpaired) electrons. The number of hydrogen-bond donors (Lipinski definition) is 1. The highest BCUT2D eigenvalue weighted by molar-refractivity contribution is 5.78. The fraction of sp³-hybridized carbons (Fsp3) is 0.438. The van der Waals surface area contributed by atoms with Crippen molar-refractivity contribution in [2.24, 2.45) is 0 Å². The normalized spacial score (nSPS) is 12.9. The Morgan fingerprint density at radius 3 is 2.72 bits per heavy atom. The predicted octanol–water partition coefficient (Wildman–Crippen LogP) is 2.66. The molecule has 1 atom stereocenters. The highest BCUT2D eigenvalue weighted by atomic mass is 19.1. The van der Waals surface area contributed by atoms with Crippen LogP contribution >= 0.6 is 0 Å². The first-order valence-electron chi connectivity index (χ1n) is 8.07. The SMILES string of the molecule is CCOC(C)n1cc(-c2c(F)cn3nc(N)nc3c2OC(C)C)cn1. The number of ether oxygens (including phenoxy) is 2. The summed E-state index contributed by atoms with van der Waals surface area (Å²) < 4.78 is 29.1. The van der Waals surface area contributed by atoms with Crippen molar-refractivity contribution in [3.63, 3.8) is 0 Å². The van der Waals surface area contributed by atoms with E-state index in [4.69, 9.17) is 15.2 Å². The van der Waals surface area contributed by atoms with Gasteiger partial charge in [0.15, 0.2) is 11.6 Å². The lowest BCUT2D eigenvalue weighted by Crippen LogP contribution is -2.10. The van der Waals surface area contributed by atoms with Gasteiger partial charge in [-0.25, -0.2) is 13.6 Å². The van der Waals surface area contributed by atoms with Crippen LogP contribution < -0.4 is 10.5 Å². The lowest BCUT2D eigenvalue weighted by molar-refractivity contribution is 0.0160. The molecule has 1 unspecified atom stereocenters. The zero-order chi connectivity index (χ0) is 18.1. The van der Waals surface area contributed by atoms with Crippen molar-refractivity contribution in [1.29, 1.82) is 0 Å². The van der Waals surface area contributed by atoms with E-state index in [1.807, 2.05) is 27.7 Å². The van der Waals surface area contributed by atoms with E-state index in [9.17, 15) is 4.39 Å². The van der Waals surface area contributed by atoms with Crippen LogP contribution in [0.1, 0.15) is 33.9 Å². The number of pyridine rings is 1. The van der Waals surface area contributed by atoms with Crippen molar-refractivity contribution in [2.45, 2.75) is 40.0 Å². The first kappa shape index (κ1) is 17.2. The zero-order valence-electron chi connectivity index (χ0n) is 14.6. The van der Waals surface area contributed by atoms with E-state index in [1.165, 1.54) is 10.7 Å². The van der Waals surface area contributed by atoms with Crippen LogP contribution in [0.2, 0.25) is 0 Å². The van der Waals surface area contributed by atoms with E-state index in [0.29, 0.717) is 17.8 Å². The van der Waals surface area contributed by atoms with Gasteiger partial charge < -0.3 is 15.2 Å². The average molecular weight is 348 g/mol. The molecule has 0 saturated carbocycles. The van der Waals surface area contributed by atoms with Gasteiger partial charge in [0.1, 0.15) is 6.23 Å². The van der Waals surface area contributed by atoms with Gasteiger partial charge in [-0.1, -0.05) is 0 Å². The number of fused-ring (bicyclic) bond motifs is 1. The van der Waals surface area contributed by atoms with Crippen molar-refractivity contribution in [2.75, 3.05) is 12.3 Å². The fourth-order valence-corrected chi connectivity index (χ4v) is 2.58. The Kier molecular flexibility index (Phi) is 4.58. The van der Waals surface area contributed by atoms with Crippen molar-refractivity contribution < 1.29 is 13.9 Å². The molecule has 0 bridgehead atoms. The van der Waals surface area contributed by atoms with Crippen LogP contribution in [0.4, 0.5) is 10.3 Å². The molecular weight excluding hydrogens is 327 g/mol. The molecule has 3 heterocycles. The molecule has 0 aliphatic heterocycles. The topological polar surface area (TPSA) is 92.5 Å². The molecule has 3 rings (SSSR count). The Balaban J connectivity index is 2.16. The molecule has 2 N–H and O–H groups in total.